The molecule has 0 heterocycles. The van der Waals surface area contributed by atoms with E-state index < -0.39 is 0 Å². The Balaban J connectivity index is 2.48. The monoisotopic (exact) mass is 124 g/mol. The van der Waals surface area contributed by atoms with Crippen LogP contribution in [0.3, 0.4) is 0 Å². The molecule has 0 saturated carbocycles. The summed E-state index contributed by atoms with van der Waals surface area (Å²) in [6.45, 7) is 2.10. The van der Waals surface area contributed by atoms with Crippen molar-refractivity contribution in [3.8, 4) is 0 Å². The number of methoxy groups -OCH3 is 1. The smallest absolute Gasteiger partial charge is 0.0789 e. The molecule has 1 atom stereocenters. The van der Waals surface area contributed by atoms with E-state index in [1.165, 1.54) is 5.57 Å². The maximum atomic E-state index is 5.11. The van der Waals surface area contributed by atoms with Crippen molar-refractivity contribution in [3.63, 3.8) is 0 Å². The molecular weight excluding hydrogens is 112 g/mol. The molecule has 0 bridgehead atoms. The van der Waals surface area contributed by atoms with Gasteiger partial charge in [-0.1, -0.05) is 23.8 Å². The van der Waals surface area contributed by atoms with E-state index in [9.17, 15) is 0 Å². The van der Waals surface area contributed by atoms with E-state index in [0.29, 0.717) is 6.10 Å². The largest absolute Gasteiger partial charge is 0.377 e. The lowest BCUT2D eigenvalue weighted by Gasteiger charge is -2.11. The molecule has 1 unspecified atom stereocenters. The molecule has 0 amide bonds. The first kappa shape index (κ1) is 6.56. The molecule has 50 valence electrons. The number of rotatable bonds is 1. The fourth-order valence-corrected chi connectivity index (χ4v) is 0.883. The third-order valence-electron chi connectivity index (χ3n) is 1.55. The van der Waals surface area contributed by atoms with Crippen molar-refractivity contribution in [1.29, 1.82) is 0 Å². The lowest BCUT2D eigenvalue weighted by molar-refractivity contribution is 0.142. The van der Waals surface area contributed by atoms with Gasteiger partial charge in [0.25, 0.3) is 0 Å². The summed E-state index contributed by atoms with van der Waals surface area (Å²) in [4.78, 5) is 0. The first-order chi connectivity index (χ1) is 4.33. The summed E-state index contributed by atoms with van der Waals surface area (Å²) >= 11 is 0. The minimum absolute atomic E-state index is 0.314. The van der Waals surface area contributed by atoms with Crippen LogP contribution in [0.1, 0.15) is 13.3 Å². The molecule has 0 saturated heterocycles. The predicted molar refractivity (Wildman–Crippen MR) is 38.3 cm³/mol. The highest BCUT2D eigenvalue weighted by atomic mass is 16.5. The zero-order chi connectivity index (χ0) is 6.69. The SMILES string of the molecule is COC1C=CC(C)=CC1. The molecule has 1 rings (SSSR count). The fourth-order valence-electron chi connectivity index (χ4n) is 0.883. The number of hydrogen-bond acceptors (Lipinski definition) is 1. The van der Waals surface area contributed by atoms with Crippen molar-refractivity contribution in [3.05, 3.63) is 23.8 Å². The van der Waals surface area contributed by atoms with Crippen LogP contribution in [0, 0.1) is 0 Å². The Morgan fingerprint density at radius 1 is 1.67 bits per heavy atom. The van der Waals surface area contributed by atoms with E-state index >= 15 is 0 Å². The second-order valence-corrected chi connectivity index (χ2v) is 2.32. The van der Waals surface area contributed by atoms with Crippen LogP contribution in [-0.4, -0.2) is 13.2 Å². The number of allylic oxidation sites excluding steroid dienone is 2. The molecule has 0 radical (unpaired) electrons. The number of hydrogen-bond donors (Lipinski definition) is 0. The van der Waals surface area contributed by atoms with Crippen molar-refractivity contribution < 1.29 is 4.74 Å². The highest BCUT2D eigenvalue weighted by Crippen LogP contribution is 2.11. The number of ether oxygens (including phenoxy) is 1. The highest BCUT2D eigenvalue weighted by Gasteiger charge is 2.02. The second-order valence-electron chi connectivity index (χ2n) is 2.32. The summed E-state index contributed by atoms with van der Waals surface area (Å²) in [6, 6.07) is 0. The maximum absolute atomic E-state index is 5.11. The molecule has 0 aliphatic heterocycles. The van der Waals surface area contributed by atoms with Crippen LogP contribution in [-0.2, 0) is 4.74 Å². The zero-order valence-electron chi connectivity index (χ0n) is 5.92. The van der Waals surface area contributed by atoms with Gasteiger partial charge in [-0.3, -0.25) is 0 Å². The minimum Gasteiger partial charge on any atom is -0.377 e. The predicted octanol–water partition coefficient (Wildman–Crippen LogP) is 1.91. The van der Waals surface area contributed by atoms with Gasteiger partial charge in [-0.05, 0) is 13.3 Å². The Morgan fingerprint density at radius 2 is 2.44 bits per heavy atom. The van der Waals surface area contributed by atoms with Gasteiger partial charge in [-0.2, -0.15) is 0 Å². The summed E-state index contributed by atoms with van der Waals surface area (Å²) in [6.07, 6.45) is 7.72. The van der Waals surface area contributed by atoms with E-state index in [1.54, 1.807) is 7.11 Å². The van der Waals surface area contributed by atoms with Crippen LogP contribution in [0.15, 0.2) is 23.8 Å². The molecule has 1 aliphatic carbocycles. The van der Waals surface area contributed by atoms with Gasteiger partial charge in [0.1, 0.15) is 0 Å². The van der Waals surface area contributed by atoms with Crippen molar-refractivity contribution in [2.24, 2.45) is 0 Å². The summed E-state index contributed by atoms with van der Waals surface area (Å²) in [5.74, 6) is 0. The Kier molecular flexibility index (Phi) is 2.06. The van der Waals surface area contributed by atoms with Crippen LogP contribution in [0.25, 0.3) is 0 Å². The van der Waals surface area contributed by atoms with E-state index in [2.05, 4.69) is 25.2 Å². The van der Waals surface area contributed by atoms with Gasteiger partial charge in [-0.25, -0.2) is 0 Å². The molecule has 0 N–H and O–H groups in total. The van der Waals surface area contributed by atoms with Crippen molar-refractivity contribution >= 4 is 0 Å². The molecule has 0 fully saturated rings. The van der Waals surface area contributed by atoms with Gasteiger partial charge in [0.05, 0.1) is 6.10 Å². The van der Waals surface area contributed by atoms with E-state index in [-0.39, 0.29) is 0 Å². The lowest BCUT2D eigenvalue weighted by atomic mass is 10.1. The maximum Gasteiger partial charge on any atom is 0.0789 e. The summed E-state index contributed by atoms with van der Waals surface area (Å²) in [7, 11) is 1.74. The third kappa shape index (κ3) is 1.68. The fraction of sp³-hybridized carbons (Fsp3) is 0.500. The van der Waals surface area contributed by atoms with E-state index in [4.69, 9.17) is 4.74 Å². The molecular formula is C8H12O. The second kappa shape index (κ2) is 2.83. The Hall–Kier alpha value is -0.560. The summed E-state index contributed by atoms with van der Waals surface area (Å²) < 4.78 is 5.11. The van der Waals surface area contributed by atoms with E-state index in [1.807, 2.05) is 0 Å². The molecule has 9 heavy (non-hydrogen) atoms. The topological polar surface area (TPSA) is 9.23 Å². The molecule has 0 aromatic heterocycles. The van der Waals surface area contributed by atoms with Crippen LogP contribution in [0.4, 0.5) is 0 Å². The first-order valence-electron chi connectivity index (χ1n) is 3.20. The molecule has 0 aromatic carbocycles. The lowest BCUT2D eigenvalue weighted by Crippen LogP contribution is -2.07. The highest BCUT2D eigenvalue weighted by molar-refractivity contribution is 5.21. The Morgan fingerprint density at radius 3 is 2.89 bits per heavy atom. The minimum atomic E-state index is 0.314. The van der Waals surface area contributed by atoms with Crippen molar-refractivity contribution in [2.75, 3.05) is 7.11 Å². The van der Waals surface area contributed by atoms with Gasteiger partial charge in [-0.15, -0.1) is 0 Å². The van der Waals surface area contributed by atoms with Crippen LogP contribution in [0.5, 0.6) is 0 Å². The van der Waals surface area contributed by atoms with Gasteiger partial charge in [0.15, 0.2) is 0 Å². The third-order valence-corrected chi connectivity index (χ3v) is 1.55. The average Bonchev–Trinajstić information content (AvgIpc) is 1.90. The van der Waals surface area contributed by atoms with Crippen LogP contribution < -0.4 is 0 Å². The van der Waals surface area contributed by atoms with Crippen LogP contribution >= 0.6 is 0 Å². The Bertz CT molecular complexity index is 145. The normalized spacial score (nSPS) is 26.0. The molecule has 1 aliphatic rings. The van der Waals surface area contributed by atoms with E-state index in [0.717, 1.165) is 6.42 Å². The molecule has 1 nitrogen and oxygen atoms in total. The first-order valence-corrected chi connectivity index (χ1v) is 3.20. The summed E-state index contributed by atoms with van der Waals surface area (Å²) in [5, 5.41) is 0. The van der Waals surface area contributed by atoms with Crippen molar-refractivity contribution in [1.82, 2.24) is 0 Å². The molecule has 0 aromatic rings. The van der Waals surface area contributed by atoms with Crippen LogP contribution in [0.2, 0.25) is 0 Å². The summed E-state index contributed by atoms with van der Waals surface area (Å²) in [5.41, 5.74) is 1.34. The van der Waals surface area contributed by atoms with Gasteiger partial charge < -0.3 is 4.74 Å². The van der Waals surface area contributed by atoms with Gasteiger partial charge in [0, 0.05) is 7.11 Å². The molecule has 0 spiro atoms. The average molecular weight is 124 g/mol. The van der Waals surface area contributed by atoms with Crippen molar-refractivity contribution in [2.45, 2.75) is 19.4 Å². The quantitative estimate of drug-likeness (QED) is 0.518. The van der Waals surface area contributed by atoms with Gasteiger partial charge in [0.2, 0.25) is 0 Å². The standard InChI is InChI=1S/C8H12O/c1-7-3-5-8(9-2)6-4-7/h3-5,8H,6H2,1-2H3. The Labute approximate surface area is 56.0 Å². The zero-order valence-corrected chi connectivity index (χ0v) is 5.92. The molecule has 1 heteroatoms. The van der Waals surface area contributed by atoms with Gasteiger partial charge >= 0.3 is 0 Å².